The maximum Gasteiger partial charge on any atom is 0.191 e. The molecule has 4 nitrogen and oxygen atoms in total. The molecular formula is C14H24N4S. The summed E-state index contributed by atoms with van der Waals surface area (Å²) in [5.41, 5.74) is 5.77. The van der Waals surface area contributed by atoms with E-state index in [1.165, 1.54) is 32.1 Å². The maximum atomic E-state index is 5.77. The van der Waals surface area contributed by atoms with Crippen LogP contribution in [0.2, 0.25) is 0 Å². The Balaban J connectivity index is 1.71. The summed E-state index contributed by atoms with van der Waals surface area (Å²) in [6.07, 6.45) is 6.49. The second kappa shape index (κ2) is 5.44. The monoisotopic (exact) mass is 280 g/mol. The van der Waals surface area contributed by atoms with E-state index in [0.29, 0.717) is 17.8 Å². The smallest absolute Gasteiger partial charge is 0.191 e. The molecule has 0 spiro atoms. The number of hydrogen-bond donors (Lipinski definition) is 1. The minimum Gasteiger partial charge on any atom is -0.324 e. The van der Waals surface area contributed by atoms with Crippen LogP contribution in [0, 0.1) is 11.8 Å². The van der Waals surface area contributed by atoms with Crippen LogP contribution < -0.4 is 5.73 Å². The lowest BCUT2D eigenvalue weighted by Crippen LogP contribution is -2.22. The normalized spacial score (nSPS) is 31.6. The first kappa shape index (κ1) is 13.4. The van der Waals surface area contributed by atoms with E-state index in [9.17, 15) is 0 Å². The van der Waals surface area contributed by atoms with Crippen molar-refractivity contribution < 1.29 is 0 Å². The van der Waals surface area contributed by atoms with Gasteiger partial charge < -0.3 is 10.3 Å². The molecule has 3 rings (SSSR count). The maximum absolute atomic E-state index is 5.77. The van der Waals surface area contributed by atoms with Crippen molar-refractivity contribution in [1.29, 1.82) is 0 Å². The number of nitrogens with zero attached hydrogens (tertiary/aromatic N) is 3. The molecule has 106 valence electrons. The summed E-state index contributed by atoms with van der Waals surface area (Å²) in [4.78, 5) is 0. The van der Waals surface area contributed by atoms with E-state index in [1.807, 2.05) is 11.8 Å². The van der Waals surface area contributed by atoms with Crippen LogP contribution in [0.3, 0.4) is 0 Å². The van der Waals surface area contributed by atoms with Crippen LogP contribution >= 0.6 is 11.8 Å². The largest absolute Gasteiger partial charge is 0.324 e. The van der Waals surface area contributed by atoms with E-state index in [4.69, 9.17) is 5.73 Å². The Morgan fingerprint density at radius 1 is 1.16 bits per heavy atom. The third-order valence-corrected chi connectivity index (χ3v) is 5.90. The zero-order chi connectivity index (χ0) is 13.4. The van der Waals surface area contributed by atoms with Gasteiger partial charge in [0, 0.05) is 11.3 Å². The van der Waals surface area contributed by atoms with Crippen LogP contribution in [-0.2, 0) is 6.54 Å². The second-order valence-electron chi connectivity index (χ2n) is 6.21. The fourth-order valence-corrected chi connectivity index (χ4v) is 4.39. The van der Waals surface area contributed by atoms with Gasteiger partial charge in [0.15, 0.2) is 5.16 Å². The Bertz CT molecular complexity index is 441. The first-order valence-electron chi connectivity index (χ1n) is 7.49. The highest BCUT2D eigenvalue weighted by molar-refractivity contribution is 7.99. The molecule has 2 aliphatic rings. The fourth-order valence-electron chi connectivity index (χ4n) is 2.98. The Morgan fingerprint density at radius 3 is 2.58 bits per heavy atom. The quantitative estimate of drug-likeness (QED) is 0.921. The Labute approximate surface area is 119 Å². The van der Waals surface area contributed by atoms with E-state index >= 15 is 0 Å². The average Bonchev–Trinajstić information content (AvgIpc) is 3.16. The van der Waals surface area contributed by atoms with Gasteiger partial charge in [-0.1, -0.05) is 25.6 Å². The summed E-state index contributed by atoms with van der Waals surface area (Å²) < 4.78 is 2.30. The third kappa shape index (κ3) is 2.82. The Morgan fingerprint density at radius 2 is 1.95 bits per heavy atom. The average molecular weight is 280 g/mol. The molecule has 0 radical (unpaired) electrons. The molecule has 0 bridgehead atoms. The molecule has 2 saturated carbocycles. The van der Waals surface area contributed by atoms with Crippen LogP contribution in [0.1, 0.15) is 57.8 Å². The molecule has 2 N–H and O–H groups in total. The molecule has 0 amide bonds. The molecule has 1 aromatic rings. The standard InChI is InChI=1S/C14H24N4S/c1-9-3-6-12(7-10(9)2)19-14-17-16-13(8-15)18(14)11-4-5-11/h9-12H,3-8,15H2,1-2H3. The summed E-state index contributed by atoms with van der Waals surface area (Å²) in [6.45, 7) is 5.27. The first-order chi connectivity index (χ1) is 9.19. The van der Waals surface area contributed by atoms with E-state index in [-0.39, 0.29) is 0 Å². The SMILES string of the molecule is CC1CCC(Sc2nnc(CN)n2C2CC2)CC1C. The van der Waals surface area contributed by atoms with E-state index in [2.05, 4.69) is 28.6 Å². The van der Waals surface area contributed by atoms with E-state index in [1.54, 1.807) is 0 Å². The number of aromatic nitrogens is 3. The van der Waals surface area contributed by atoms with Gasteiger partial charge in [0.2, 0.25) is 0 Å². The van der Waals surface area contributed by atoms with Gasteiger partial charge in [-0.2, -0.15) is 0 Å². The summed E-state index contributed by atoms with van der Waals surface area (Å²) >= 11 is 1.94. The highest BCUT2D eigenvalue weighted by atomic mass is 32.2. The molecule has 0 aliphatic heterocycles. The number of nitrogens with two attached hydrogens (primary N) is 1. The molecule has 1 heterocycles. The van der Waals surface area contributed by atoms with Gasteiger partial charge >= 0.3 is 0 Å². The van der Waals surface area contributed by atoms with Crippen LogP contribution in [0.15, 0.2) is 5.16 Å². The van der Waals surface area contributed by atoms with E-state index in [0.717, 1.165) is 22.8 Å². The molecule has 3 atom stereocenters. The van der Waals surface area contributed by atoms with Crippen molar-refractivity contribution in [2.24, 2.45) is 17.6 Å². The van der Waals surface area contributed by atoms with Crippen molar-refractivity contribution in [2.45, 2.75) is 68.9 Å². The van der Waals surface area contributed by atoms with Gasteiger partial charge in [-0.05, 0) is 43.9 Å². The van der Waals surface area contributed by atoms with E-state index < -0.39 is 0 Å². The number of rotatable bonds is 4. The van der Waals surface area contributed by atoms with Crippen LogP contribution in [0.4, 0.5) is 0 Å². The van der Waals surface area contributed by atoms with Crippen molar-refractivity contribution in [2.75, 3.05) is 0 Å². The van der Waals surface area contributed by atoms with Crippen molar-refractivity contribution in [3.8, 4) is 0 Å². The minimum absolute atomic E-state index is 0.502. The lowest BCUT2D eigenvalue weighted by Gasteiger charge is -2.31. The van der Waals surface area contributed by atoms with Gasteiger partial charge in [-0.15, -0.1) is 10.2 Å². The molecule has 2 aliphatic carbocycles. The van der Waals surface area contributed by atoms with Gasteiger partial charge in [0.05, 0.1) is 6.54 Å². The van der Waals surface area contributed by atoms with Gasteiger partial charge in [-0.3, -0.25) is 0 Å². The minimum atomic E-state index is 0.502. The molecule has 19 heavy (non-hydrogen) atoms. The van der Waals surface area contributed by atoms with Gasteiger partial charge in [-0.25, -0.2) is 0 Å². The molecule has 1 aromatic heterocycles. The number of hydrogen-bond acceptors (Lipinski definition) is 4. The third-order valence-electron chi connectivity index (χ3n) is 4.65. The highest BCUT2D eigenvalue weighted by Crippen LogP contribution is 2.42. The van der Waals surface area contributed by atoms with Crippen molar-refractivity contribution in [3.05, 3.63) is 5.82 Å². The zero-order valence-corrected chi connectivity index (χ0v) is 12.7. The first-order valence-corrected chi connectivity index (χ1v) is 8.37. The molecule has 5 heteroatoms. The van der Waals surface area contributed by atoms with Crippen molar-refractivity contribution in [1.82, 2.24) is 14.8 Å². The summed E-state index contributed by atoms with van der Waals surface area (Å²) in [7, 11) is 0. The van der Waals surface area contributed by atoms with Crippen LogP contribution in [0.25, 0.3) is 0 Å². The fraction of sp³-hybridized carbons (Fsp3) is 0.857. The lowest BCUT2D eigenvalue weighted by molar-refractivity contribution is 0.283. The summed E-state index contributed by atoms with van der Waals surface area (Å²) in [6, 6.07) is 0.621. The Hall–Kier alpha value is -0.550. The summed E-state index contributed by atoms with van der Waals surface area (Å²) in [5.74, 6) is 2.66. The molecule has 3 unspecified atom stereocenters. The Kier molecular flexibility index (Phi) is 3.85. The van der Waals surface area contributed by atoms with Crippen molar-refractivity contribution >= 4 is 11.8 Å². The predicted octanol–water partition coefficient (Wildman–Crippen LogP) is 2.99. The van der Waals surface area contributed by atoms with Crippen LogP contribution in [-0.4, -0.2) is 20.0 Å². The summed E-state index contributed by atoms with van der Waals surface area (Å²) in [5, 5.41) is 10.5. The van der Waals surface area contributed by atoms with Crippen LogP contribution in [0.5, 0.6) is 0 Å². The van der Waals surface area contributed by atoms with Crippen molar-refractivity contribution in [3.63, 3.8) is 0 Å². The predicted molar refractivity (Wildman–Crippen MR) is 78.0 cm³/mol. The molecule has 0 saturated heterocycles. The zero-order valence-electron chi connectivity index (χ0n) is 11.9. The second-order valence-corrected chi connectivity index (χ2v) is 7.48. The van der Waals surface area contributed by atoms with Gasteiger partial charge in [0.1, 0.15) is 5.82 Å². The highest BCUT2D eigenvalue weighted by Gasteiger charge is 2.32. The number of thioether (sulfide) groups is 1. The van der Waals surface area contributed by atoms with Gasteiger partial charge in [0.25, 0.3) is 0 Å². The molecule has 0 aromatic carbocycles. The lowest BCUT2D eigenvalue weighted by atomic mass is 9.81. The topological polar surface area (TPSA) is 56.7 Å². The molecule has 2 fully saturated rings. The molecular weight excluding hydrogens is 256 g/mol.